The highest BCUT2D eigenvalue weighted by molar-refractivity contribution is 6.07. The number of hydrogen-bond acceptors (Lipinski definition) is 4. The summed E-state index contributed by atoms with van der Waals surface area (Å²) in [6, 6.07) is 11.1. The van der Waals surface area contributed by atoms with Crippen molar-refractivity contribution in [2.45, 2.75) is 0 Å². The van der Waals surface area contributed by atoms with Crippen LogP contribution in [-0.4, -0.2) is 6.79 Å². The minimum Gasteiger partial charge on any atom is -0.455 e. The lowest BCUT2D eigenvalue weighted by molar-refractivity contribution is 0.174. The molecule has 0 saturated heterocycles. The van der Waals surface area contributed by atoms with E-state index < -0.39 is 5.82 Å². The van der Waals surface area contributed by atoms with Crippen molar-refractivity contribution >= 4 is 32.7 Å². The zero-order valence-electron chi connectivity index (χ0n) is 11.8. The quantitative estimate of drug-likeness (QED) is 0.364. The van der Waals surface area contributed by atoms with E-state index in [1.807, 2.05) is 12.1 Å². The summed E-state index contributed by atoms with van der Waals surface area (Å²) in [5.41, 5.74) is 0.569. The van der Waals surface area contributed by atoms with Crippen LogP contribution in [0.25, 0.3) is 32.7 Å². The highest BCUT2D eigenvalue weighted by Gasteiger charge is 2.17. The van der Waals surface area contributed by atoms with E-state index in [1.54, 1.807) is 12.1 Å². The minimum absolute atomic E-state index is 0.176. The average molecular weight is 308 g/mol. The molecule has 112 valence electrons. The largest absolute Gasteiger partial charge is 0.455 e. The van der Waals surface area contributed by atoms with Crippen LogP contribution in [0.15, 0.2) is 51.7 Å². The molecule has 0 amide bonds. The second kappa shape index (κ2) is 4.23. The molecule has 2 heterocycles. The van der Waals surface area contributed by atoms with Gasteiger partial charge in [-0.2, -0.15) is 0 Å². The lowest BCUT2D eigenvalue weighted by Crippen LogP contribution is -2.02. The molecule has 1 aliphatic heterocycles. The van der Waals surface area contributed by atoms with E-state index in [9.17, 15) is 9.18 Å². The van der Waals surface area contributed by atoms with Gasteiger partial charge in [0.25, 0.3) is 0 Å². The van der Waals surface area contributed by atoms with Crippen LogP contribution in [0.1, 0.15) is 0 Å². The first kappa shape index (κ1) is 12.5. The number of rotatable bonds is 0. The van der Waals surface area contributed by atoms with Crippen LogP contribution in [0.5, 0.6) is 11.5 Å². The summed E-state index contributed by atoms with van der Waals surface area (Å²) in [5, 5.41) is 2.29. The summed E-state index contributed by atoms with van der Waals surface area (Å²) in [7, 11) is 0. The van der Waals surface area contributed by atoms with Crippen LogP contribution in [0, 0.1) is 5.82 Å². The molecular weight excluding hydrogens is 299 g/mol. The molecule has 0 fully saturated rings. The number of fused-ring (bicyclic) bond motifs is 5. The van der Waals surface area contributed by atoms with Crippen molar-refractivity contribution < 1.29 is 18.3 Å². The third-order valence-corrected chi connectivity index (χ3v) is 4.11. The van der Waals surface area contributed by atoms with Crippen molar-refractivity contribution in [1.82, 2.24) is 0 Å². The second-order valence-electron chi connectivity index (χ2n) is 5.44. The molecule has 0 aliphatic carbocycles. The SMILES string of the molecule is O=c1c2cc(F)ccc2oc2c1ccc1cc3c(cc12)OCO3. The predicted molar refractivity (Wildman–Crippen MR) is 83.6 cm³/mol. The molecule has 0 atom stereocenters. The summed E-state index contributed by atoms with van der Waals surface area (Å²) in [6.45, 7) is 0.176. The highest BCUT2D eigenvalue weighted by atomic mass is 19.1. The topological polar surface area (TPSA) is 48.7 Å². The normalized spacial score (nSPS) is 13.3. The summed E-state index contributed by atoms with van der Waals surface area (Å²) in [5.74, 6) is 0.821. The lowest BCUT2D eigenvalue weighted by Gasteiger charge is -2.06. The smallest absolute Gasteiger partial charge is 0.231 e. The molecule has 23 heavy (non-hydrogen) atoms. The fourth-order valence-corrected chi connectivity index (χ4v) is 3.00. The van der Waals surface area contributed by atoms with E-state index in [0.717, 1.165) is 10.8 Å². The Balaban J connectivity index is 1.99. The Morgan fingerprint density at radius 1 is 0.870 bits per heavy atom. The van der Waals surface area contributed by atoms with Gasteiger partial charge in [-0.3, -0.25) is 4.79 Å². The molecule has 0 bridgehead atoms. The molecule has 0 spiro atoms. The Hall–Kier alpha value is -3.08. The third-order valence-electron chi connectivity index (χ3n) is 4.11. The van der Waals surface area contributed by atoms with Gasteiger partial charge in [-0.15, -0.1) is 0 Å². The van der Waals surface area contributed by atoms with Crippen LogP contribution >= 0.6 is 0 Å². The van der Waals surface area contributed by atoms with E-state index in [1.165, 1.54) is 18.2 Å². The van der Waals surface area contributed by atoms with Crippen LogP contribution in [-0.2, 0) is 0 Å². The average Bonchev–Trinajstić information content (AvgIpc) is 3.01. The molecule has 4 aromatic rings. The molecular formula is C18H9FO4. The van der Waals surface area contributed by atoms with Gasteiger partial charge in [-0.1, -0.05) is 6.07 Å². The van der Waals surface area contributed by atoms with Crippen molar-refractivity contribution in [2.24, 2.45) is 0 Å². The highest BCUT2D eigenvalue weighted by Crippen LogP contribution is 2.38. The van der Waals surface area contributed by atoms with E-state index in [2.05, 4.69) is 0 Å². The fourth-order valence-electron chi connectivity index (χ4n) is 3.00. The van der Waals surface area contributed by atoms with Gasteiger partial charge >= 0.3 is 0 Å². The monoisotopic (exact) mass is 308 g/mol. The van der Waals surface area contributed by atoms with Crippen molar-refractivity contribution in [3.8, 4) is 11.5 Å². The fraction of sp³-hybridized carbons (Fsp3) is 0.0556. The van der Waals surface area contributed by atoms with Gasteiger partial charge in [0.15, 0.2) is 11.5 Å². The van der Waals surface area contributed by atoms with Gasteiger partial charge in [-0.05, 0) is 41.8 Å². The number of halogens is 1. The Labute approximate surface area is 128 Å². The van der Waals surface area contributed by atoms with Crippen molar-refractivity contribution in [1.29, 1.82) is 0 Å². The van der Waals surface area contributed by atoms with Gasteiger partial charge in [0, 0.05) is 5.39 Å². The van der Waals surface area contributed by atoms with Crippen LogP contribution in [0.3, 0.4) is 0 Å². The summed E-state index contributed by atoms with van der Waals surface area (Å²) >= 11 is 0. The molecule has 0 unspecified atom stereocenters. The second-order valence-corrected chi connectivity index (χ2v) is 5.44. The maximum absolute atomic E-state index is 13.4. The molecule has 5 heteroatoms. The van der Waals surface area contributed by atoms with Crippen molar-refractivity contribution in [2.75, 3.05) is 6.79 Å². The van der Waals surface area contributed by atoms with E-state index in [4.69, 9.17) is 13.9 Å². The number of ether oxygens (including phenoxy) is 2. The molecule has 0 radical (unpaired) electrons. The molecule has 0 N–H and O–H groups in total. The van der Waals surface area contributed by atoms with E-state index >= 15 is 0 Å². The predicted octanol–water partition coefficient (Wildman–Crippen LogP) is 3.97. The lowest BCUT2D eigenvalue weighted by atomic mass is 10.0. The van der Waals surface area contributed by atoms with Crippen LogP contribution < -0.4 is 14.9 Å². The van der Waals surface area contributed by atoms with Crippen LogP contribution in [0.4, 0.5) is 4.39 Å². The van der Waals surface area contributed by atoms with Crippen molar-refractivity contribution in [3.05, 3.63) is 58.5 Å². The number of benzene rings is 3. The molecule has 3 aromatic carbocycles. The summed E-state index contributed by atoms with van der Waals surface area (Å²) in [6.07, 6.45) is 0. The molecule has 0 saturated carbocycles. The van der Waals surface area contributed by atoms with Crippen LogP contribution in [0.2, 0.25) is 0 Å². The first-order valence-corrected chi connectivity index (χ1v) is 7.09. The Bertz CT molecular complexity index is 1180. The maximum Gasteiger partial charge on any atom is 0.231 e. The standard InChI is InChI=1S/C18H9FO4/c19-10-2-4-14-13(6-10)17(20)11-3-1-9-5-15-16(22-8-21-15)7-12(9)18(11)23-14/h1-7H,8H2. The van der Waals surface area contributed by atoms with Gasteiger partial charge in [0.05, 0.1) is 10.8 Å². The van der Waals surface area contributed by atoms with Crippen molar-refractivity contribution in [3.63, 3.8) is 0 Å². The molecule has 4 nitrogen and oxygen atoms in total. The Morgan fingerprint density at radius 2 is 1.70 bits per heavy atom. The van der Waals surface area contributed by atoms with Gasteiger partial charge in [0.1, 0.15) is 17.0 Å². The Morgan fingerprint density at radius 3 is 2.57 bits per heavy atom. The molecule has 1 aromatic heterocycles. The van der Waals surface area contributed by atoms with Gasteiger partial charge in [0.2, 0.25) is 12.2 Å². The first-order chi connectivity index (χ1) is 11.2. The number of hydrogen-bond donors (Lipinski definition) is 0. The third kappa shape index (κ3) is 1.67. The molecule has 5 rings (SSSR count). The first-order valence-electron chi connectivity index (χ1n) is 7.09. The minimum atomic E-state index is -0.465. The maximum atomic E-state index is 13.4. The van der Waals surface area contributed by atoms with Gasteiger partial charge < -0.3 is 13.9 Å². The zero-order chi connectivity index (χ0) is 15.6. The van der Waals surface area contributed by atoms with E-state index in [0.29, 0.717) is 28.1 Å². The van der Waals surface area contributed by atoms with Gasteiger partial charge in [-0.25, -0.2) is 4.39 Å². The summed E-state index contributed by atoms with van der Waals surface area (Å²) < 4.78 is 30.1. The Kier molecular flexibility index (Phi) is 2.29. The molecule has 1 aliphatic rings. The zero-order valence-corrected chi connectivity index (χ0v) is 11.8. The van der Waals surface area contributed by atoms with E-state index in [-0.39, 0.29) is 17.6 Å². The summed E-state index contributed by atoms with van der Waals surface area (Å²) in [4.78, 5) is 12.6.